The second-order valence-corrected chi connectivity index (χ2v) is 9.47. The first-order valence-corrected chi connectivity index (χ1v) is 9.64. The molecule has 0 aromatic rings. The van der Waals surface area contributed by atoms with Gasteiger partial charge in [0.05, 0.1) is 25.2 Å². The van der Waals surface area contributed by atoms with E-state index < -0.39 is 34.0 Å². The van der Waals surface area contributed by atoms with Gasteiger partial charge in [0.15, 0.2) is 0 Å². The molecule has 4 fully saturated rings. The molecule has 6 atom stereocenters. The van der Waals surface area contributed by atoms with Crippen molar-refractivity contribution in [3.05, 3.63) is 0 Å². The molecule has 0 radical (unpaired) electrons. The van der Waals surface area contributed by atoms with E-state index in [1.54, 1.807) is 0 Å². The molecule has 1 spiro atoms. The highest BCUT2D eigenvalue weighted by Gasteiger charge is 2.94. The maximum absolute atomic E-state index is 13.2. The van der Waals surface area contributed by atoms with Crippen LogP contribution in [0.3, 0.4) is 0 Å². The Kier molecular flexibility index (Phi) is 3.00. The van der Waals surface area contributed by atoms with Crippen LogP contribution < -0.4 is 0 Å². The third kappa shape index (κ3) is 1.55. The van der Waals surface area contributed by atoms with Crippen LogP contribution in [-0.4, -0.2) is 42.1 Å². The van der Waals surface area contributed by atoms with Crippen LogP contribution in [0.2, 0.25) is 0 Å². The highest BCUT2D eigenvalue weighted by Crippen LogP contribution is 2.95. The molecule has 23 heavy (non-hydrogen) atoms. The van der Waals surface area contributed by atoms with Gasteiger partial charge in [-0.3, -0.25) is 4.55 Å². The van der Waals surface area contributed by atoms with E-state index in [-0.39, 0.29) is 10.8 Å². The molecule has 0 saturated heterocycles. The number of hydrogen-bond acceptors (Lipinski definition) is 4. The first-order chi connectivity index (χ1) is 10.6. The van der Waals surface area contributed by atoms with E-state index in [1.807, 2.05) is 6.92 Å². The SMILES string of the molecule is CCC1(O)C2CC3CC4(COCCC(F)(F)S(=O)(=O)O)CC1C324. The summed E-state index contributed by atoms with van der Waals surface area (Å²) in [5, 5.41) is 6.52. The van der Waals surface area contributed by atoms with Crippen molar-refractivity contribution < 1.29 is 31.6 Å². The fourth-order valence-corrected chi connectivity index (χ4v) is 6.98. The average molecular weight is 352 g/mol. The lowest BCUT2D eigenvalue weighted by Gasteiger charge is -2.95. The van der Waals surface area contributed by atoms with E-state index in [1.165, 1.54) is 0 Å². The molecule has 4 aliphatic rings. The molecule has 4 aliphatic carbocycles. The first-order valence-electron chi connectivity index (χ1n) is 8.20. The van der Waals surface area contributed by atoms with E-state index in [0.29, 0.717) is 24.4 Å². The molecule has 132 valence electrons. The molecule has 4 saturated carbocycles. The Morgan fingerprint density at radius 2 is 2.00 bits per heavy atom. The molecular weight excluding hydrogens is 330 g/mol. The summed E-state index contributed by atoms with van der Waals surface area (Å²) < 4.78 is 61.2. The average Bonchev–Trinajstić information content (AvgIpc) is 2.39. The molecule has 6 unspecified atom stereocenters. The summed E-state index contributed by atoms with van der Waals surface area (Å²) in [5.41, 5.74) is -0.373. The normalized spacial score (nSPS) is 49.9. The first kappa shape index (κ1) is 16.2. The summed E-state index contributed by atoms with van der Waals surface area (Å²) in [6.07, 6.45) is 2.68. The number of hydrogen-bond donors (Lipinski definition) is 2. The van der Waals surface area contributed by atoms with E-state index >= 15 is 0 Å². The fraction of sp³-hybridized carbons (Fsp3) is 1.00. The lowest BCUT2D eigenvalue weighted by Crippen LogP contribution is -2.94. The van der Waals surface area contributed by atoms with Crippen molar-refractivity contribution in [1.82, 2.24) is 0 Å². The van der Waals surface area contributed by atoms with Gasteiger partial charge in [-0.2, -0.15) is 17.2 Å². The van der Waals surface area contributed by atoms with Gasteiger partial charge in [-0.25, -0.2) is 0 Å². The van der Waals surface area contributed by atoms with E-state index in [9.17, 15) is 22.3 Å². The summed E-state index contributed by atoms with van der Waals surface area (Å²) in [6, 6.07) is 0. The predicted octanol–water partition coefficient (Wildman–Crippen LogP) is 2.06. The van der Waals surface area contributed by atoms with Gasteiger partial charge in [0, 0.05) is 5.41 Å². The topological polar surface area (TPSA) is 83.8 Å². The minimum absolute atomic E-state index is 0.0000252. The molecule has 4 rings (SSSR count). The molecular formula is C15H22F2O5S. The van der Waals surface area contributed by atoms with Crippen LogP contribution in [-0.2, 0) is 14.9 Å². The van der Waals surface area contributed by atoms with Gasteiger partial charge in [-0.15, -0.1) is 0 Å². The molecule has 8 heteroatoms. The van der Waals surface area contributed by atoms with Crippen molar-refractivity contribution in [2.45, 2.75) is 49.9 Å². The molecule has 0 aromatic heterocycles. The molecule has 0 aromatic carbocycles. The zero-order valence-electron chi connectivity index (χ0n) is 13.0. The number of alkyl halides is 2. The lowest BCUT2D eigenvalue weighted by molar-refractivity contribution is -0.506. The van der Waals surface area contributed by atoms with Crippen molar-refractivity contribution in [2.24, 2.45) is 28.6 Å². The van der Waals surface area contributed by atoms with Gasteiger partial charge in [-0.1, -0.05) is 6.92 Å². The standard InChI is InChI=1S/C15H22F2O5S/c1-2-13(18)10-5-9-6-12(7-11(13)15(9,10)12)8-22-4-3-14(16,17)23(19,20)21/h9-11,18H,2-8H2,1H3,(H,19,20,21). The van der Waals surface area contributed by atoms with Crippen LogP contribution in [0.5, 0.6) is 0 Å². The summed E-state index contributed by atoms with van der Waals surface area (Å²) in [7, 11) is -5.38. The van der Waals surface area contributed by atoms with Crippen LogP contribution in [0.4, 0.5) is 8.78 Å². The highest BCUT2D eigenvalue weighted by molar-refractivity contribution is 7.86. The maximum Gasteiger partial charge on any atom is 0.372 e. The molecule has 5 nitrogen and oxygen atoms in total. The zero-order valence-corrected chi connectivity index (χ0v) is 13.8. The Morgan fingerprint density at radius 3 is 2.52 bits per heavy atom. The fourth-order valence-electron chi connectivity index (χ4n) is 6.63. The monoisotopic (exact) mass is 352 g/mol. The Morgan fingerprint density at radius 1 is 1.30 bits per heavy atom. The van der Waals surface area contributed by atoms with Crippen LogP contribution in [0.1, 0.15) is 39.0 Å². The quantitative estimate of drug-likeness (QED) is 0.541. The van der Waals surface area contributed by atoms with Gasteiger partial charge in [-0.05, 0) is 48.9 Å². The van der Waals surface area contributed by atoms with Gasteiger partial charge in [0.1, 0.15) is 0 Å². The summed E-state index contributed by atoms with van der Waals surface area (Å²) in [4.78, 5) is 0. The van der Waals surface area contributed by atoms with E-state index in [0.717, 1.165) is 25.7 Å². The van der Waals surface area contributed by atoms with Crippen LogP contribution in [0, 0.1) is 28.6 Å². The summed E-state index contributed by atoms with van der Waals surface area (Å²) in [6.45, 7) is 1.95. The Bertz CT molecular complexity index is 642. The number of aliphatic hydroxyl groups is 1. The second kappa shape index (κ2) is 4.26. The van der Waals surface area contributed by atoms with E-state index in [4.69, 9.17) is 9.29 Å². The van der Waals surface area contributed by atoms with Gasteiger partial charge in [0.25, 0.3) is 0 Å². The molecule has 0 aliphatic heterocycles. The second-order valence-electron chi connectivity index (χ2n) is 7.92. The zero-order chi connectivity index (χ0) is 16.9. The van der Waals surface area contributed by atoms with Gasteiger partial charge >= 0.3 is 15.4 Å². The minimum Gasteiger partial charge on any atom is -0.389 e. The number of rotatable bonds is 7. The van der Waals surface area contributed by atoms with Crippen LogP contribution in [0.25, 0.3) is 0 Å². The third-order valence-electron chi connectivity index (χ3n) is 7.57. The molecule has 0 amide bonds. The van der Waals surface area contributed by atoms with Gasteiger partial charge in [0.2, 0.25) is 0 Å². The molecule has 2 N–H and O–H groups in total. The summed E-state index contributed by atoms with van der Waals surface area (Å²) in [5.74, 6) is 1.28. The maximum atomic E-state index is 13.2. The number of halogens is 2. The van der Waals surface area contributed by atoms with Crippen molar-refractivity contribution >= 4 is 10.1 Å². The van der Waals surface area contributed by atoms with Crippen LogP contribution in [0.15, 0.2) is 0 Å². The largest absolute Gasteiger partial charge is 0.389 e. The van der Waals surface area contributed by atoms with Crippen LogP contribution >= 0.6 is 0 Å². The number of ether oxygens (including phenoxy) is 1. The van der Waals surface area contributed by atoms with E-state index in [2.05, 4.69) is 0 Å². The highest BCUT2D eigenvalue weighted by atomic mass is 32.2. The smallest absolute Gasteiger partial charge is 0.372 e. The predicted molar refractivity (Wildman–Crippen MR) is 76.4 cm³/mol. The van der Waals surface area contributed by atoms with Crippen molar-refractivity contribution in [2.75, 3.05) is 13.2 Å². The van der Waals surface area contributed by atoms with Crippen molar-refractivity contribution in [3.63, 3.8) is 0 Å². The van der Waals surface area contributed by atoms with Gasteiger partial charge < -0.3 is 9.84 Å². The lowest BCUT2D eigenvalue weighted by atomic mass is 9.10. The Labute approximate surface area is 134 Å². The molecule has 0 heterocycles. The molecule has 0 bridgehead atoms. The Balaban J connectivity index is 1.33. The Hall–Kier alpha value is -0.310. The summed E-state index contributed by atoms with van der Waals surface area (Å²) >= 11 is 0. The van der Waals surface area contributed by atoms with Crippen molar-refractivity contribution in [3.8, 4) is 0 Å². The van der Waals surface area contributed by atoms with Crippen molar-refractivity contribution in [1.29, 1.82) is 0 Å². The minimum atomic E-state index is -5.38. The third-order valence-corrected chi connectivity index (χ3v) is 8.52.